The van der Waals surface area contributed by atoms with Crippen molar-refractivity contribution in [3.63, 3.8) is 0 Å². The predicted octanol–water partition coefficient (Wildman–Crippen LogP) is 12.9. The van der Waals surface area contributed by atoms with E-state index >= 15 is 0 Å². The van der Waals surface area contributed by atoms with Gasteiger partial charge in [-0.3, -0.25) is 0 Å². The van der Waals surface area contributed by atoms with Gasteiger partial charge in [-0.25, -0.2) is 15.0 Å². The minimum atomic E-state index is -0.412. The van der Waals surface area contributed by atoms with Gasteiger partial charge in [0.25, 0.3) is 0 Å². The molecule has 0 fully saturated rings. The number of rotatable bonds is 5. The zero-order valence-corrected chi connectivity index (χ0v) is 28.0. The Morgan fingerprint density at radius 3 is 1.64 bits per heavy atom. The lowest BCUT2D eigenvalue weighted by molar-refractivity contribution is 1.08. The molecule has 0 saturated heterocycles. The van der Waals surface area contributed by atoms with E-state index in [9.17, 15) is 0 Å². The molecule has 3 heterocycles. The summed E-state index contributed by atoms with van der Waals surface area (Å²) >= 11 is 3.28. The average molecular weight is 679 g/mol. The second-order valence-electron chi connectivity index (χ2n) is 12.1. The molecule has 0 unspecified atom stereocenters. The van der Waals surface area contributed by atoms with Crippen LogP contribution < -0.4 is 0 Å². The minimum absolute atomic E-state index is 0.186. The van der Waals surface area contributed by atoms with Gasteiger partial charge in [-0.1, -0.05) is 133 Å². The summed E-state index contributed by atoms with van der Waals surface area (Å²) in [7, 11) is 0. The summed E-state index contributed by atoms with van der Waals surface area (Å²) in [6.45, 7) is 0. The third kappa shape index (κ3) is 4.98. The number of hydrogen-bond donors (Lipinski definition) is 0. The molecular weight excluding hydrogens is 647 g/mol. The van der Waals surface area contributed by atoms with Crippen LogP contribution in [-0.4, -0.2) is 15.0 Å². The lowest BCUT2D eigenvalue weighted by Crippen LogP contribution is -2.00. The van der Waals surface area contributed by atoms with Gasteiger partial charge in [-0.2, -0.15) is 0 Å². The first-order valence-corrected chi connectivity index (χ1v) is 17.8. The standard InChI is InChI=1S/C45H27N3S2/c1-4-12-28(13-5-1)33-24-37(29-14-6-2-7-15-29)42-38(25-33)36-23-21-32(27-41(36)50-42)45-47-43(30-16-8-3-9-17-30)46-44(48-45)31-20-22-35-34-18-10-11-19-39(34)49-40(35)26-31/h1-27H/i2D,6D,7D,14D,15D. The van der Waals surface area contributed by atoms with Crippen molar-refractivity contribution in [1.29, 1.82) is 0 Å². The van der Waals surface area contributed by atoms with E-state index < -0.39 is 6.04 Å². The van der Waals surface area contributed by atoms with E-state index in [1.807, 2.05) is 72.8 Å². The molecule has 7 aromatic carbocycles. The zero-order chi connectivity index (χ0) is 37.4. The van der Waals surface area contributed by atoms with E-state index in [2.05, 4.69) is 60.7 Å². The van der Waals surface area contributed by atoms with E-state index in [0.29, 0.717) is 23.0 Å². The van der Waals surface area contributed by atoms with Crippen LogP contribution in [0.3, 0.4) is 0 Å². The van der Waals surface area contributed by atoms with Crippen molar-refractivity contribution in [2.75, 3.05) is 0 Å². The van der Waals surface area contributed by atoms with Crippen molar-refractivity contribution in [2.45, 2.75) is 0 Å². The summed E-state index contributed by atoms with van der Waals surface area (Å²) in [6, 6.07) is 43.3. The molecule has 0 radical (unpaired) electrons. The number of nitrogens with zero attached hydrogens (tertiary/aromatic N) is 3. The first kappa shape index (κ1) is 24.2. The fourth-order valence-corrected chi connectivity index (χ4v) is 8.99. The highest BCUT2D eigenvalue weighted by Gasteiger charge is 2.17. The SMILES string of the molecule is [2H]c1c([2H])c([2H])c(-c2cc(-c3ccccc3)cc3c2sc2cc(-c4nc(-c5ccccc5)nc(-c5ccc6c(c5)sc5ccccc56)n4)ccc23)c([2H])c1[2H]. The van der Waals surface area contributed by atoms with Crippen molar-refractivity contribution in [3.05, 3.63) is 164 Å². The van der Waals surface area contributed by atoms with E-state index in [0.717, 1.165) is 48.0 Å². The Labute approximate surface area is 303 Å². The van der Waals surface area contributed by atoms with Gasteiger partial charge in [0, 0.05) is 62.6 Å². The number of aromatic nitrogens is 3. The summed E-state index contributed by atoms with van der Waals surface area (Å²) in [4.78, 5) is 15.1. The van der Waals surface area contributed by atoms with Gasteiger partial charge >= 0.3 is 0 Å². The van der Waals surface area contributed by atoms with Crippen LogP contribution in [0.5, 0.6) is 0 Å². The Balaban J connectivity index is 1.18. The lowest BCUT2D eigenvalue weighted by Gasteiger charge is -2.09. The molecule has 0 bridgehead atoms. The van der Waals surface area contributed by atoms with Crippen molar-refractivity contribution >= 4 is 63.0 Å². The largest absolute Gasteiger partial charge is 0.208 e. The predicted molar refractivity (Wildman–Crippen MR) is 213 cm³/mol. The van der Waals surface area contributed by atoms with Crippen molar-refractivity contribution in [1.82, 2.24) is 15.0 Å². The van der Waals surface area contributed by atoms with E-state index in [4.69, 9.17) is 21.8 Å². The molecule has 5 heteroatoms. The Hall–Kier alpha value is -6.01. The molecule has 10 rings (SSSR count). The smallest absolute Gasteiger partial charge is 0.164 e. The van der Waals surface area contributed by atoms with Gasteiger partial charge in [0.05, 0.1) is 6.85 Å². The van der Waals surface area contributed by atoms with Crippen molar-refractivity contribution < 1.29 is 6.85 Å². The molecular formula is C45H27N3S2. The summed E-state index contributed by atoms with van der Waals surface area (Å²) in [6.07, 6.45) is 0. The first-order chi connectivity index (χ1) is 26.8. The van der Waals surface area contributed by atoms with Crippen molar-refractivity contribution in [2.24, 2.45) is 0 Å². The maximum absolute atomic E-state index is 8.87. The summed E-state index contributed by atoms with van der Waals surface area (Å²) in [5.74, 6) is 1.69. The highest BCUT2D eigenvalue weighted by atomic mass is 32.1. The Morgan fingerprint density at radius 1 is 0.380 bits per heavy atom. The number of hydrogen-bond acceptors (Lipinski definition) is 5. The summed E-state index contributed by atoms with van der Waals surface area (Å²) < 4.78 is 47.0. The van der Waals surface area contributed by atoms with Gasteiger partial charge in [0.15, 0.2) is 17.5 Å². The molecule has 0 N–H and O–H groups in total. The van der Waals surface area contributed by atoms with Crippen LogP contribution in [-0.2, 0) is 0 Å². The van der Waals surface area contributed by atoms with Gasteiger partial charge in [-0.15, -0.1) is 22.7 Å². The second kappa shape index (κ2) is 11.8. The molecule has 0 saturated carbocycles. The maximum Gasteiger partial charge on any atom is 0.164 e. The molecule has 0 aliphatic rings. The monoisotopic (exact) mass is 678 g/mol. The van der Waals surface area contributed by atoms with E-state index in [1.54, 1.807) is 11.3 Å². The number of thiophene rings is 2. The fourth-order valence-electron chi connectivity index (χ4n) is 6.60. The molecule has 0 amide bonds. The van der Waals surface area contributed by atoms with Crippen LogP contribution >= 0.6 is 22.7 Å². The summed E-state index contributed by atoms with van der Waals surface area (Å²) in [5.41, 5.74) is 5.25. The minimum Gasteiger partial charge on any atom is -0.208 e. The number of benzene rings is 7. The molecule has 0 atom stereocenters. The normalized spacial score (nSPS) is 13.0. The highest BCUT2D eigenvalue weighted by molar-refractivity contribution is 7.26. The topological polar surface area (TPSA) is 38.7 Å². The zero-order valence-electron chi connectivity index (χ0n) is 31.4. The van der Waals surface area contributed by atoms with Crippen LogP contribution in [0.15, 0.2) is 164 Å². The number of fused-ring (bicyclic) bond motifs is 6. The van der Waals surface area contributed by atoms with Crippen LogP contribution in [0, 0.1) is 0 Å². The molecule has 50 heavy (non-hydrogen) atoms. The first-order valence-electron chi connectivity index (χ1n) is 18.7. The van der Waals surface area contributed by atoms with Crippen LogP contribution in [0.1, 0.15) is 6.85 Å². The molecule has 0 spiro atoms. The highest BCUT2D eigenvalue weighted by Crippen LogP contribution is 2.44. The molecule has 0 aliphatic heterocycles. The molecule has 0 aliphatic carbocycles. The molecule has 3 aromatic heterocycles. The molecule has 3 nitrogen and oxygen atoms in total. The molecule has 10 aromatic rings. The second-order valence-corrected chi connectivity index (χ2v) is 14.2. The Bertz CT molecular complexity index is 3130. The van der Waals surface area contributed by atoms with Gasteiger partial charge in [0.1, 0.15) is 0 Å². The van der Waals surface area contributed by atoms with Crippen molar-refractivity contribution in [3.8, 4) is 56.4 Å². The molecule has 234 valence electrons. The fraction of sp³-hybridized carbons (Fsp3) is 0. The average Bonchev–Trinajstić information content (AvgIpc) is 3.80. The van der Waals surface area contributed by atoms with Crippen LogP contribution in [0.25, 0.3) is 96.8 Å². The Kier molecular flexibility index (Phi) is 5.73. The van der Waals surface area contributed by atoms with Gasteiger partial charge in [-0.05, 0) is 47.0 Å². The van der Waals surface area contributed by atoms with E-state index in [-0.39, 0.29) is 29.7 Å². The van der Waals surface area contributed by atoms with Gasteiger partial charge in [0.2, 0.25) is 0 Å². The third-order valence-electron chi connectivity index (χ3n) is 9.01. The third-order valence-corrected chi connectivity index (χ3v) is 11.3. The van der Waals surface area contributed by atoms with Gasteiger partial charge < -0.3 is 0 Å². The Morgan fingerprint density at radius 2 is 0.940 bits per heavy atom. The van der Waals surface area contributed by atoms with E-state index in [1.165, 1.54) is 31.5 Å². The quantitative estimate of drug-likeness (QED) is 0.182. The van der Waals surface area contributed by atoms with Crippen LogP contribution in [0.2, 0.25) is 0 Å². The maximum atomic E-state index is 8.87. The summed E-state index contributed by atoms with van der Waals surface area (Å²) in [5, 5.41) is 4.36. The lowest BCUT2D eigenvalue weighted by atomic mass is 9.96. The van der Waals surface area contributed by atoms with Crippen LogP contribution in [0.4, 0.5) is 0 Å².